The van der Waals surface area contributed by atoms with Crippen LogP contribution in [-0.2, 0) is 0 Å². The Morgan fingerprint density at radius 1 is 1.21 bits per heavy atom. The highest BCUT2D eigenvalue weighted by Gasteiger charge is 2.33. The van der Waals surface area contributed by atoms with Crippen LogP contribution in [0.25, 0.3) is 11.3 Å². The van der Waals surface area contributed by atoms with Crippen LogP contribution < -0.4 is 19.5 Å². The SMILES string of the molecule is CSc1nnc2c(n1)OC(c1cc3c(cc1[N+](=O)[O-])OCO3)Nc1ccccc1-2. The molecule has 0 amide bonds. The van der Waals surface area contributed by atoms with Gasteiger partial charge in [-0.3, -0.25) is 10.1 Å². The van der Waals surface area contributed by atoms with Crippen LogP contribution in [0, 0.1) is 10.1 Å². The Labute approximate surface area is 168 Å². The lowest BCUT2D eigenvalue weighted by atomic mass is 10.1. The first kappa shape index (κ1) is 17.5. The fraction of sp³-hybridized carbons (Fsp3) is 0.167. The summed E-state index contributed by atoms with van der Waals surface area (Å²) < 4.78 is 16.8. The number of nitrogens with one attached hydrogen (secondary N) is 1. The Balaban J connectivity index is 1.69. The molecule has 3 aromatic rings. The lowest BCUT2D eigenvalue weighted by Crippen LogP contribution is -2.18. The van der Waals surface area contributed by atoms with Gasteiger partial charge in [0.15, 0.2) is 17.2 Å². The molecule has 0 spiro atoms. The van der Waals surface area contributed by atoms with Crippen molar-refractivity contribution in [2.75, 3.05) is 18.4 Å². The first-order valence-electron chi connectivity index (χ1n) is 8.53. The Kier molecular flexibility index (Phi) is 4.09. The minimum atomic E-state index is -0.904. The first-order chi connectivity index (χ1) is 14.1. The minimum absolute atomic E-state index is 0.00872. The quantitative estimate of drug-likeness (QED) is 0.390. The van der Waals surface area contributed by atoms with E-state index in [9.17, 15) is 10.1 Å². The third kappa shape index (κ3) is 2.95. The first-order valence-corrected chi connectivity index (χ1v) is 9.76. The number of nitro benzene ring substituents is 1. The highest BCUT2D eigenvalue weighted by molar-refractivity contribution is 7.98. The van der Waals surface area contributed by atoms with Crippen molar-refractivity contribution >= 4 is 23.1 Å². The van der Waals surface area contributed by atoms with Gasteiger partial charge in [-0.1, -0.05) is 30.0 Å². The maximum Gasteiger partial charge on any atom is 0.282 e. The lowest BCUT2D eigenvalue weighted by molar-refractivity contribution is -0.386. The van der Waals surface area contributed by atoms with Crippen LogP contribution in [-0.4, -0.2) is 33.2 Å². The van der Waals surface area contributed by atoms with Crippen molar-refractivity contribution in [2.45, 2.75) is 11.4 Å². The number of thioether (sulfide) groups is 1. The van der Waals surface area contributed by atoms with Gasteiger partial charge in [0.05, 0.1) is 16.6 Å². The molecule has 5 rings (SSSR count). The molecule has 0 radical (unpaired) electrons. The minimum Gasteiger partial charge on any atom is -0.454 e. The van der Waals surface area contributed by atoms with Gasteiger partial charge in [-0.05, 0) is 18.4 Å². The van der Waals surface area contributed by atoms with Crippen LogP contribution in [0.2, 0.25) is 0 Å². The van der Waals surface area contributed by atoms with Gasteiger partial charge in [-0.25, -0.2) is 0 Å². The second-order valence-corrected chi connectivity index (χ2v) is 6.93. The van der Waals surface area contributed by atoms with E-state index in [-0.39, 0.29) is 23.9 Å². The molecule has 2 aliphatic rings. The number of rotatable bonds is 3. The van der Waals surface area contributed by atoms with Crippen LogP contribution in [0.4, 0.5) is 11.4 Å². The molecule has 3 heterocycles. The van der Waals surface area contributed by atoms with Crippen LogP contribution in [0.3, 0.4) is 0 Å². The highest BCUT2D eigenvalue weighted by atomic mass is 32.2. The van der Waals surface area contributed by atoms with Crippen molar-refractivity contribution < 1.29 is 19.1 Å². The van der Waals surface area contributed by atoms with E-state index in [1.165, 1.54) is 17.8 Å². The van der Waals surface area contributed by atoms with E-state index in [0.29, 0.717) is 28.0 Å². The van der Waals surface area contributed by atoms with Gasteiger partial charge in [0.2, 0.25) is 24.1 Å². The number of nitrogens with zero attached hydrogens (tertiary/aromatic N) is 4. The fourth-order valence-electron chi connectivity index (χ4n) is 3.19. The van der Waals surface area contributed by atoms with Crippen molar-refractivity contribution in [1.82, 2.24) is 15.2 Å². The number of aromatic nitrogens is 3. The largest absolute Gasteiger partial charge is 0.454 e. The van der Waals surface area contributed by atoms with Gasteiger partial charge in [0, 0.05) is 11.3 Å². The van der Waals surface area contributed by atoms with Crippen molar-refractivity contribution in [3.63, 3.8) is 0 Å². The number of nitro groups is 1. The molecule has 2 aromatic carbocycles. The summed E-state index contributed by atoms with van der Waals surface area (Å²) >= 11 is 1.32. The van der Waals surface area contributed by atoms with Crippen LogP contribution in [0.15, 0.2) is 41.6 Å². The Morgan fingerprint density at radius 2 is 2.00 bits per heavy atom. The molecule has 0 saturated carbocycles. The zero-order valence-corrected chi connectivity index (χ0v) is 15.8. The summed E-state index contributed by atoms with van der Waals surface area (Å²) in [6.07, 6.45) is 0.922. The van der Waals surface area contributed by atoms with Crippen molar-refractivity contribution in [3.8, 4) is 28.6 Å². The molecule has 11 heteroatoms. The van der Waals surface area contributed by atoms with Gasteiger partial charge < -0.3 is 19.5 Å². The van der Waals surface area contributed by atoms with Crippen molar-refractivity contribution in [3.05, 3.63) is 52.1 Å². The van der Waals surface area contributed by atoms with E-state index < -0.39 is 11.2 Å². The molecule has 1 N–H and O–H groups in total. The number of anilines is 1. The third-order valence-electron chi connectivity index (χ3n) is 4.52. The smallest absolute Gasteiger partial charge is 0.282 e. The summed E-state index contributed by atoms with van der Waals surface area (Å²) in [7, 11) is 0. The van der Waals surface area contributed by atoms with Gasteiger partial charge >= 0.3 is 0 Å². The monoisotopic (exact) mass is 411 g/mol. The third-order valence-corrected chi connectivity index (χ3v) is 5.06. The van der Waals surface area contributed by atoms with E-state index in [1.807, 2.05) is 30.5 Å². The Morgan fingerprint density at radius 3 is 2.79 bits per heavy atom. The maximum absolute atomic E-state index is 11.7. The van der Waals surface area contributed by atoms with E-state index in [4.69, 9.17) is 14.2 Å². The molecule has 0 saturated heterocycles. The summed E-state index contributed by atoms with van der Waals surface area (Å²) in [4.78, 5) is 15.7. The summed E-state index contributed by atoms with van der Waals surface area (Å²) in [6.45, 7) is 0.00872. The molecule has 0 aliphatic carbocycles. The molecule has 10 nitrogen and oxygen atoms in total. The average Bonchev–Trinajstić information content (AvgIpc) is 3.13. The predicted molar refractivity (Wildman–Crippen MR) is 103 cm³/mol. The number of ether oxygens (including phenoxy) is 3. The number of hydrogen-bond acceptors (Lipinski definition) is 10. The van der Waals surface area contributed by atoms with Gasteiger partial charge in [-0.2, -0.15) is 4.98 Å². The number of benzene rings is 2. The molecule has 146 valence electrons. The van der Waals surface area contributed by atoms with E-state index >= 15 is 0 Å². The second-order valence-electron chi connectivity index (χ2n) is 6.16. The molecule has 2 aliphatic heterocycles. The summed E-state index contributed by atoms with van der Waals surface area (Å²) in [5.74, 6) is 0.974. The zero-order valence-electron chi connectivity index (χ0n) is 15.0. The van der Waals surface area contributed by atoms with Crippen molar-refractivity contribution in [2.24, 2.45) is 0 Å². The van der Waals surface area contributed by atoms with E-state index in [1.54, 1.807) is 6.07 Å². The molecule has 29 heavy (non-hydrogen) atoms. The molecular weight excluding hydrogens is 398 g/mol. The topological polar surface area (TPSA) is 122 Å². The van der Waals surface area contributed by atoms with Crippen LogP contribution >= 0.6 is 11.8 Å². The zero-order chi connectivity index (χ0) is 20.0. The highest BCUT2D eigenvalue weighted by Crippen LogP contribution is 2.44. The fourth-order valence-corrected chi connectivity index (χ4v) is 3.49. The molecule has 1 aromatic heterocycles. The van der Waals surface area contributed by atoms with Crippen molar-refractivity contribution in [1.29, 1.82) is 0 Å². The molecular formula is C18H13N5O5S. The maximum atomic E-state index is 11.7. The number of para-hydroxylation sites is 1. The van der Waals surface area contributed by atoms with Gasteiger partial charge in [0.25, 0.3) is 5.69 Å². The second kappa shape index (κ2) is 6.78. The van der Waals surface area contributed by atoms with Gasteiger partial charge in [-0.15, -0.1) is 10.2 Å². The molecule has 0 bridgehead atoms. The lowest BCUT2D eigenvalue weighted by Gasteiger charge is -2.19. The number of fused-ring (bicyclic) bond motifs is 4. The summed E-state index contributed by atoms with van der Waals surface area (Å²) in [6, 6.07) is 10.3. The van der Waals surface area contributed by atoms with Crippen LogP contribution in [0.5, 0.6) is 17.4 Å². The summed E-state index contributed by atoms with van der Waals surface area (Å²) in [5.41, 5.74) is 2.01. The van der Waals surface area contributed by atoms with Gasteiger partial charge in [0.1, 0.15) is 0 Å². The van der Waals surface area contributed by atoms with E-state index in [2.05, 4.69) is 20.5 Å². The predicted octanol–water partition coefficient (Wildman–Crippen LogP) is 3.40. The van der Waals surface area contributed by atoms with Crippen LogP contribution in [0.1, 0.15) is 11.8 Å². The average molecular weight is 411 g/mol. The normalized spacial score (nSPS) is 16.1. The molecule has 1 unspecified atom stereocenters. The summed E-state index contributed by atoms with van der Waals surface area (Å²) in [5, 5.41) is 23.7. The molecule has 1 atom stereocenters. The Bertz CT molecular complexity index is 1140. The Hall–Kier alpha value is -3.60. The standard InChI is InChI=1S/C18H13N5O5S/c1-29-18-20-17-15(21-22-18)9-4-2-3-5-11(9)19-16(28-17)10-6-13-14(27-8-26-13)7-12(10)23(24)25/h2-7,16,19H,8H2,1H3. The number of hydrogen-bond donors (Lipinski definition) is 1. The molecule has 0 fully saturated rings. The van der Waals surface area contributed by atoms with E-state index in [0.717, 1.165) is 5.56 Å².